The molecule has 2 amide bonds. The molecule has 2 aromatic rings. The van der Waals surface area contributed by atoms with Gasteiger partial charge in [-0.2, -0.15) is 0 Å². The van der Waals surface area contributed by atoms with E-state index in [1.807, 2.05) is 0 Å². The SMILES string of the molecule is CN(C)S(=O)(=O)c1ccc(C(=O)NCC2CCN(C(=O)/C=C/c3ccco3)CC2)cc1. The van der Waals surface area contributed by atoms with E-state index in [2.05, 4.69) is 5.32 Å². The summed E-state index contributed by atoms with van der Waals surface area (Å²) in [7, 11) is -0.594. The fourth-order valence-corrected chi connectivity index (χ4v) is 4.23. The number of hydrogen-bond acceptors (Lipinski definition) is 5. The second-order valence-electron chi connectivity index (χ2n) is 7.64. The maximum absolute atomic E-state index is 12.4. The summed E-state index contributed by atoms with van der Waals surface area (Å²) < 4.78 is 30.5. The molecule has 1 saturated heterocycles. The third kappa shape index (κ3) is 5.83. The van der Waals surface area contributed by atoms with Gasteiger partial charge in [0.15, 0.2) is 0 Å². The van der Waals surface area contributed by atoms with Crippen LogP contribution in [0.25, 0.3) is 6.08 Å². The molecule has 0 radical (unpaired) electrons. The molecule has 0 aliphatic carbocycles. The highest BCUT2D eigenvalue weighted by Gasteiger charge is 2.22. The van der Waals surface area contributed by atoms with Gasteiger partial charge in [-0.15, -0.1) is 0 Å². The van der Waals surface area contributed by atoms with Crippen molar-refractivity contribution >= 4 is 27.9 Å². The van der Waals surface area contributed by atoms with Crippen molar-refractivity contribution in [3.8, 4) is 0 Å². The Labute approximate surface area is 182 Å². The molecule has 1 fully saturated rings. The summed E-state index contributed by atoms with van der Waals surface area (Å²) in [6.45, 7) is 1.79. The largest absolute Gasteiger partial charge is 0.465 e. The van der Waals surface area contributed by atoms with E-state index >= 15 is 0 Å². The summed E-state index contributed by atoms with van der Waals surface area (Å²) in [5.41, 5.74) is 0.411. The van der Waals surface area contributed by atoms with Crippen LogP contribution in [0.4, 0.5) is 0 Å². The number of sulfonamides is 1. The lowest BCUT2D eigenvalue weighted by atomic mass is 9.96. The Bertz CT molecular complexity index is 1020. The maximum Gasteiger partial charge on any atom is 0.251 e. The van der Waals surface area contributed by atoms with Gasteiger partial charge in [0, 0.05) is 45.4 Å². The average molecular weight is 446 g/mol. The highest BCUT2D eigenvalue weighted by Crippen LogP contribution is 2.18. The molecule has 2 heterocycles. The van der Waals surface area contributed by atoms with Gasteiger partial charge in [0.1, 0.15) is 5.76 Å². The molecule has 0 unspecified atom stereocenters. The van der Waals surface area contributed by atoms with Crippen LogP contribution >= 0.6 is 0 Å². The van der Waals surface area contributed by atoms with Crippen LogP contribution < -0.4 is 5.32 Å². The minimum atomic E-state index is -3.52. The molecular formula is C22H27N3O5S. The van der Waals surface area contributed by atoms with Gasteiger partial charge in [-0.25, -0.2) is 12.7 Å². The lowest BCUT2D eigenvalue weighted by Crippen LogP contribution is -2.41. The number of nitrogens with zero attached hydrogens (tertiary/aromatic N) is 2. The van der Waals surface area contributed by atoms with Crippen molar-refractivity contribution in [2.45, 2.75) is 17.7 Å². The van der Waals surface area contributed by atoms with Gasteiger partial charge >= 0.3 is 0 Å². The number of carbonyl (C=O) groups is 2. The Morgan fingerprint density at radius 1 is 1.16 bits per heavy atom. The number of carbonyl (C=O) groups excluding carboxylic acids is 2. The van der Waals surface area contributed by atoms with E-state index in [1.165, 1.54) is 44.4 Å². The van der Waals surface area contributed by atoms with E-state index < -0.39 is 10.0 Å². The van der Waals surface area contributed by atoms with Crippen LogP contribution in [0.1, 0.15) is 29.0 Å². The highest BCUT2D eigenvalue weighted by molar-refractivity contribution is 7.89. The van der Waals surface area contributed by atoms with Crippen molar-refractivity contribution in [1.29, 1.82) is 0 Å². The smallest absolute Gasteiger partial charge is 0.251 e. The Morgan fingerprint density at radius 2 is 1.84 bits per heavy atom. The molecule has 0 saturated carbocycles. The summed E-state index contributed by atoms with van der Waals surface area (Å²) in [6.07, 6.45) is 6.34. The highest BCUT2D eigenvalue weighted by atomic mass is 32.2. The van der Waals surface area contributed by atoms with Crippen LogP contribution in [0.3, 0.4) is 0 Å². The summed E-state index contributed by atoms with van der Waals surface area (Å²) in [5, 5.41) is 2.91. The molecule has 0 atom stereocenters. The first-order chi connectivity index (χ1) is 14.8. The van der Waals surface area contributed by atoms with Crippen molar-refractivity contribution in [2.75, 3.05) is 33.7 Å². The van der Waals surface area contributed by atoms with E-state index in [1.54, 1.807) is 29.4 Å². The molecular weight excluding hydrogens is 418 g/mol. The topological polar surface area (TPSA) is 99.9 Å². The van der Waals surface area contributed by atoms with Crippen LogP contribution in [0.15, 0.2) is 58.1 Å². The van der Waals surface area contributed by atoms with E-state index in [-0.39, 0.29) is 22.6 Å². The summed E-state index contributed by atoms with van der Waals surface area (Å²) in [6, 6.07) is 9.45. The van der Waals surface area contributed by atoms with Crippen LogP contribution in [-0.4, -0.2) is 63.2 Å². The number of nitrogens with one attached hydrogen (secondary N) is 1. The van der Waals surface area contributed by atoms with Gasteiger partial charge in [0.2, 0.25) is 15.9 Å². The fraction of sp³-hybridized carbons (Fsp3) is 0.364. The predicted molar refractivity (Wildman–Crippen MR) is 117 cm³/mol. The third-order valence-corrected chi connectivity index (χ3v) is 7.14. The Kier molecular flexibility index (Phi) is 7.29. The quantitative estimate of drug-likeness (QED) is 0.659. The summed E-state index contributed by atoms with van der Waals surface area (Å²) in [4.78, 5) is 26.6. The van der Waals surface area contributed by atoms with Crippen LogP contribution in [0.5, 0.6) is 0 Å². The molecule has 8 nitrogen and oxygen atoms in total. The van der Waals surface area contributed by atoms with Crippen LogP contribution in [0.2, 0.25) is 0 Å². The van der Waals surface area contributed by atoms with Gasteiger partial charge < -0.3 is 14.6 Å². The standard InChI is InChI=1S/C22H27N3O5S/c1-24(2)31(28,29)20-8-5-18(6-9-20)22(27)23-16-17-11-13-25(14-12-17)21(26)10-7-19-4-3-15-30-19/h3-10,15,17H,11-14,16H2,1-2H3,(H,23,27)/b10-7+. The molecule has 0 bridgehead atoms. The number of rotatable bonds is 7. The second kappa shape index (κ2) is 9.93. The molecule has 1 aliphatic rings. The van der Waals surface area contributed by atoms with E-state index in [0.29, 0.717) is 31.0 Å². The Morgan fingerprint density at radius 3 is 2.42 bits per heavy atom. The second-order valence-corrected chi connectivity index (χ2v) is 9.79. The summed E-state index contributed by atoms with van der Waals surface area (Å²) >= 11 is 0. The fourth-order valence-electron chi connectivity index (χ4n) is 3.33. The van der Waals surface area contributed by atoms with Crippen LogP contribution in [0, 0.1) is 5.92 Å². The lowest BCUT2D eigenvalue weighted by molar-refractivity contribution is -0.127. The van der Waals surface area contributed by atoms with Crippen molar-refractivity contribution in [3.63, 3.8) is 0 Å². The van der Waals surface area contributed by atoms with E-state index in [0.717, 1.165) is 17.1 Å². The van der Waals surface area contributed by atoms with Crippen molar-refractivity contribution in [3.05, 3.63) is 60.1 Å². The molecule has 166 valence electrons. The lowest BCUT2D eigenvalue weighted by Gasteiger charge is -2.31. The zero-order valence-corrected chi connectivity index (χ0v) is 18.5. The predicted octanol–water partition coefficient (Wildman–Crippen LogP) is 2.21. The normalized spacial score (nSPS) is 15.5. The maximum atomic E-state index is 12.4. The van der Waals surface area contributed by atoms with Gasteiger partial charge in [0.05, 0.1) is 11.2 Å². The molecule has 0 spiro atoms. The van der Waals surface area contributed by atoms with Gasteiger partial charge in [-0.3, -0.25) is 9.59 Å². The number of piperidine rings is 1. The Balaban J connectivity index is 1.45. The van der Waals surface area contributed by atoms with Gasteiger partial charge in [-0.1, -0.05) is 0 Å². The summed E-state index contributed by atoms with van der Waals surface area (Å²) in [5.74, 6) is 0.633. The van der Waals surface area contributed by atoms with Gasteiger partial charge in [0.25, 0.3) is 5.91 Å². The Hall–Kier alpha value is -2.91. The zero-order chi connectivity index (χ0) is 22.4. The van der Waals surface area contributed by atoms with Gasteiger partial charge in [-0.05, 0) is 61.2 Å². The molecule has 1 aromatic carbocycles. The molecule has 31 heavy (non-hydrogen) atoms. The monoisotopic (exact) mass is 445 g/mol. The molecule has 3 rings (SSSR count). The first-order valence-corrected chi connectivity index (χ1v) is 11.5. The number of likely N-dealkylation sites (tertiary alicyclic amines) is 1. The number of benzene rings is 1. The number of amides is 2. The minimum Gasteiger partial charge on any atom is -0.465 e. The van der Waals surface area contributed by atoms with Crippen LogP contribution in [-0.2, 0) is 14.8 Å². The molecule has 1 N–H and O–H groups in total. The van der Waals surface area contributed by atoms with E-state index in [4.69, 9.17) is 4.42 Å². The van der Waals surface area contributed by atoms with E-state index in [9.17, 15) is 18.0 Å². The number of hydrogen-bond donors (Lipinski definition) is 1. The molecule has 1 aliphatic heterocycles. The molecule has 1 aromatic heterocycles. The first-order valence-electron chi connectivity index (χ1n) is 10.1. The molecule has 9 heteroatoms. The van der Waals surface area contributed by atoms with Crippen molar-refractivity contribution in [2.24, 2.45) is 5.92 Å². The minimum absolute atomic E-state index is 0.0494. The average Bonchev–Trinajstić information content (AvgIpc) is 3.30. The van der Waals surface area contributed by atoms with Crippen molar-refractivity contribution in [1.82, 2.24) is 14.5 Å². The first kappa shape index (κ1) is 22.8. The zero-order valence-electron chi connectivity index (χ0n) is 17.7. The van der Waals surface area contributed by atoms with Crippen molar-refractivity contribution < 1.29 is 22.4 Å². The number of furan rings is 1. The third-order valence-electron chi connectivity index (χ3n) is 5.31.